The molecule has 0 radical (unpaired) electrons. The Labute approximate surface area is 133 Å². The molecule has 1 atom stereocenters. The van der Waals surface area contributed by atoms with Crippen molar-refractivity contribution in [3.8, 4) is 0 Å². The van der Waals surface area contributed by atoms with E-state index in [1.165, 1.54) is 12.1 Å². The summed E-state index contributed by atoms with van der Waals surface area (Å²) >= 11 is 0. The first-order valence-corrected chi connectivity index (χ1v) is 8.10. The zero-order valence-electron chi connectivity index (χ0n) is 12.9. The van der Waals surface area contributed by atoms with Crippen LogP contribution in [0.1, 0.15) is 43.2 Å². The van der Waals surface area contributed by atoms with Crippen molar-refractivity contribution in [3.63, 3.8) is 0 Å². The Hall–Kier alpha value is -1.56. The van der Waals surface area contributed by atoms with Crippen LogP contribution in [-0.4, -0.2) is 25.0 Å². The van der Waals surface area contributed by atoms with E-state index in [0.717, 1.165) is 44.7 Å². The second-order valence-electron chi connectivity index (χ2n) is 6.58. The predicted molar refractivity (Wildman–Crippen MR) is 81.0 cm³/mol. The number of carbonyl (C=O) groups excluding carboxylic acids is 1. The Balaban J connectivity index is 1.72. The highest BCUT2D eigenvalue weighted by atomic mass is 19.4. The summed E-state index contributed by atoms with van der Waals surface area (Å²) in [6, 6.07) is 5.37. The van der Waals surface area contributed by atoms with Crippen molar-refractivity contribution < 1.29 is 18.0 Å². The molecular formula is C17H21F3N2O. The van der Waals surface area contributed by atoms with E-state index in [-0.39, 0.29) is 17.4 Å². The maximum Gasteiger partial charge on any atom is 0.416 e. The molecule has 1 aliphatic heterocycles. The van der Waals surface area contributed by atoms with Gasteiger partial charge in [-0.25, -0.2) is 0 Å². The van der Waals surface area contributed by atoms with Gasteiger partial charge in [-0.3, -0.25) is 4.79 Å². The molecule has 3 nitrogen and oxygen atoms in total. The molecule has 1 saturated carbocycles. The second-order valence-corrected chi connectivity index (χ2v) is 6.58. The summed E-state index contributed by atoms with van der Waals surface area (Å²) in [7, 11) is 0. The van der Waals surface area contributed by atoms with E-state index in [2.05, 4.69) is 10.6 Å². The summed E-state index contributed by atoms with van der Waals surface area (Å²) in [6.07, 6.45) is 0.0738. The largest absolute Gasteiger partial charge is 0.416 e. The van der Waals surface area contributed by atoms with Gasteiger partial charge in [-0.1, -0.05) is 24.6 Å². The Bertz CT molecular complexity index is 575. The van der Waals surface area contributed by atoms with Crippen molar-refractivity contribution in [2.45, 2.75) is 49.7 Å². The van der Waals surface area contributed by atoms with Gasteiger partial charge >= 0.3 is 6.18 Å². The van der Waals surface area contributed by atoms with Gasteiger partial charge in [0.25, 0.3) is 0 Å². The monoisotopic (exact) mass is 326 g/mol. The molecule has 3 rings (SSSR count). The van der Waals surface area contributed by atoms with Gasteiger partial charge in [0.1, 0.15) is 0 Å². The lowest BCUT2D eigenvalue weighted by molar-refractivity contribution is -0.137. The quantitative estimate of drug-likeness (QED) is 0.893. The van der Waals surface area contributed by atoms with Gasteiger partial charge in [0.2, 0.25) is 5.91 Å². The fraction of sp³-hybridized carbons (Fsp3) is 0.588. The molecule has 126 valence electrons. The smallest absolute Gasteiger partial charge is 0.354 e. The lowest BCUT2D eigenvalue weighted by atomic mass is 9.64. The van der Waals surface area contributed by atoms with E-state index in [9.17, 15) is 18.0 Å². The summed E-state index contributed by atoms with van der Waals surface area (Å²) in [4.78, 5) is 12.1. The number of hydrogen-bond donors (Lipinski definition) is 2. The van der Waals surface area contributed by atoms with Crippen LogP contribution in [0.2, 0.25) is 0 Å². The van der Waals surface area contributed by atoms with Crippen LogP contribution in [0.25, 0.3) is 0 Å². The normalized spacial score (nSPS) is 23.3. The number of nitrogens with one attached hydrogen (secondary N) is 2. The Morgan fingerprint density at radius 1 is 1.30 bits per heavy atom. The lowest BCUT2D eigenvalue weighted by Gasteiger charge is -2.43. The number of alkyl halides is 3. The molecule has 2 fully saturated rings. The van der Waals surface area contributed by atoms with Crippen LogP contribution in [0.4, 0.5) is 13.2 Å². The molecule has 1 aromatic rings. The molecule has 6 heteroatoms. The molecule has 1 heterocycles. The Morgan fingerprint density at radius 2 is 2.09 bits per heavy atom. The van der Waals surface area contributed by atoms with Gasteiger partial charge in [-0.05, 0) is 43.9 Å². The number of hydrogen-bond acceptors (Lipinski definition) is 2. The molecule has 0 bridgehead atoms. The minimum absolute atomic E-state index is 0.0410. The summed E-state index contributed by atoms with van der Waals surface area (Å²) in [5.74, 6) is -0.0410. The standard InChI is InChI=1S/C17H21F3N2O/c18-17(19,20)13-5-1-4-12(10-13)16(7-3-8-16)11-22-15(23)14-6-2-9-21-14/h1,4-5,10,14,21H,2-3,6-9,11H2,(H,22,23). The van der Waals surface area contributed by atoms with Crippen molar-refractivity contribution >= 4 is 5.91 Å². The van der Waals surface area contributed by atoms with E-state index in [1.54, 1.807) is 6.07 Å². The number of rotatable bonds is 4. The third-order valence-corrected chi connectivity index (χ3v) is 5.09. The molecule has 2 aliphatic rings. The number of halogens is 3. The van der Waals surface area contributed by atoms with Crippen molar-refractivity contribution in [2.75, 3.05) is 13.1 Å². The minimum Gasteiger partial charge on any atom is -0.354 e. The van der Waals surface area contributed by atoms with Crippen LogP contribution in [-0.2, 0) is 16.4 Å². The SMILES string of the molecule is O=C(NCC1(c2cccc(C(F)(F)F)c2)CCC1)C1CCCN1. The molecule has 2 N–H and O–H groups in total. The maximum absolute atomic E-state index is 12.9. The number of amides is 1. The van der Waals surface area contributed by atoms with Gasteiger partial charge < -0.3 is 10.6 Å². The zero-order chi connectivity index (χ0) is 16.5. The van der Waals surface area contributed by atoms with Gasteiger partial charge in [-0.2, -0.15) is 13.2 Å². The lowest BCUT2D eigenvalue weighted by Crippen LogP contribution is -2.49. The second kappa shape index (κ2) is 6.15. The van der Waals surface area contributed by atoms with Crippen molar-refractivity contribution in [1.82, 2.24) is 10.6 Å². The minimum atomic E-state index is -4.34. The fourth-order valence-corrected chi connectivity index (χ4v) is 3.48. The van der Waals surface area contributed by atoms with E-state index in [1.807, 2.05) is 0 Å². The zero-order valence-corrected chi connectivity index (χ0v) is 12.9. The third-order valence-electron chi connectivity index (χ3n) is 5.09. The van der Waals surface area contributed by atoms with E-state index < -0.39 is 11.7 Å². The molecule has 1 saturated heterocycles. The molecule has 1 unspecified atom stereocenters. The van der Waals surface area contributed by atoms with Crippen LogP contribution in [0.5, 0.6) is 0 Å². The number of benzene rings is 1. The van der Waals surface area contributed by atoms with Gasteiger partial charge in [-0.15, -0.1) is 0 Å². The van der Waals surface area contributed by atoms with E-state index >= 15 is 0 Å². The van der Waals surface area contributed by atoms with E-state index in [0.29, 0.717) is 12.1 Å². The topological polar surface area (TPSA) is 41.1 Å². The predicted octanol–water partition coefficient (Wildman–Crippen LogP) is 3.00. The van der Waals surface area contributed by atoms with E-state index in [4.69, 9.17) is 0 Å². The van der Waals surface area contributed by atoms with Crippen LogP contribution in [0.3, 0.4) is 0 Å². The van der Waals surface area contributed by atoms with Crippen molar-refractivity contribution in [3.05, 3.63) is 35.4 Å². The molecule has 0 spiro atoms. The summed E-state index contributed by atoms with van der Waals surface area (Å²) in [5.41, 5.74) is -0.293. The van der Waals surface area contributed by atoms with Crippen LogP contribution >= 0.6 is 0 Å². The van der Waals surface area contributed by atoms with Crippen LogP contribution < -0.4 is 10.6 Å². The van der Waals surface area contributed by atoms with Gasteiger partial charge in [0, 0.05) is 12.0 Å². The highest BCUT2D eigenvalue weighted by Gasteiger charge is 2.41. The average molecular weight is 326 g/mol. The summed E-state index contributed by atoms with van der Waals surface area (Å²) in [5, 5.41) is 6.08. The van der Waals surface area contributed by atoms with Gasteiger partial charge in [0.15, 0.2) is 0 Å². The Kier molecular flexibility index (Phi) is 4.36. The highest BCUT2D eigenvalue weighted by Crippen LogP contribution is 2.44. The summed E-state index contributed by atoms with van der Waals surface area (Å²) in [6.45, 7) is 1.25. The van der Waals surface area contributed by atoms with Crippen molar-refractivity contribution in [2.24, 2.45) is 0 Å². The molecule has 1 aromatic carbocycles. The third kappa shape index (κ3) is 3.37. The first-order chi connectivity index (χ1) is 10.9. The average Bonchev–Trinajstić information content (AvgIpc) is 2.99. The molecule has 1 amide bonds. The summed E-state index contributed by atoms with van der Waals surface area (Å²) < 4.78 is 38.8. The van der Waals surface area contributed by atoms with Crippen LogP contribution in [0.15, 0.2) is 24.3 Å². The van der Waals surface area contributed by atoms with Crippen molar-refractivity contribution in [1.29, 1.82) is 0 Å². The maximum atomic E-state index is 12.9. The first-order valence-electron chi connectivity index (χ1n) is 8.10. The highest BCUT2D eigenvalue weighted by molar-refractivity contribution is 5.82. The van der Waals surface area contributed by atoms with Crippen LogP contribution in [0, 0.1) is 0 Å². The Morgan fingerprint density at radius 3 is 2.65 bits per heavy atom. The molecule has 0 aromatic heterocycles. The first kappa shape index (κ1) is 16.3. The fourth-order valence-electron chi connectivity index (χ4n) is 3.48. The number of carbonyl (C=O) groups is 1. The molecular weight excluding hydrogens is 305 g/mol. The molecule has 23 heavy (non-hydrogen) atoms. The molecule has 1 aliphatic carbocycles. The van der Waals surface area contributed by atoms with Gasteiger partial charge in [0.05, 0.1) is 11.6 Å².